The molecule has 2 aromatic rings. The zero-order valence-corrected chi connectivity index (χ0v) is 12.6. The predicted molar refractivity (Wildman–Crippen MR) is 78.1 cm³/mol. The van der Waals surface area contributed by atoms with Gasteiger partial charge in [0.1, 0.15) is 24.4 Å². The van der Waals surface area contributed by atoms with E-state index in [2.05, 4.69) is 23.9 Å². The van der Waals surface area contributed by atoms with Gasteiger partial charge in [0.15, 0.2) is 5.82 Å². The van der Waals surface area contributed by atoms with Crippen molar-refractivity contribution in [3.8, 4) is 11.5 Å². The molecule has 0 aliphatic carbocycles. The van der Waals surface area contributed by atoms with Crippen LogP contribution in [0.25, 0.3) is 0 Å². The van der Waals surface area contributed by atoms with Gasteiger partial charge < -0.3 is 14.6 Å². The Kier molecular flexibility index (Phi) is 5.16. The average Bonchev–Trinajstić information content (AvgIpc) is 2.91. The van der Waals surface area contributed by atoms with Gasteiger partial charge in [0.2, 0.25) is 0 Å². The Morgan fingerprint density at radius 1 is 1.33 bits per heavy atom. The Hall–Kier alpha value is -2.08. The molecule has 6 heteroatoms. The SMILES string of the molecule is COc1ccc(CO)c(OCc2ncnn2CC(C)C)c1. The van der Waals surface area contributed by atoms with Crippen molar-refractivity contribution in [3.05, 3.63) is 35.9 Å². The first-order valence-electron chi connectivity index (χ1n) is 6.91. The number of benzene rings is 1. The lowest BCUT2D eigenvalue weighted by Crippen LogP contribution is -2.12. The lowest BCUT2D eigenvalue weighted by molar-refractivity contribution is 0.250. The summed E-state index contributed by atoms with van der Waals surface area (Å²) in [5.74, 6) is 2.52. The zero-order valence-electron chi connectivity index (χ0n) is 12.6. The van der Waals surface area contributed by atoms with Crippen LogP contribution < -0.4 is 9.47 Å². The average molecular weight is 291 g/mol. The number of aromatic nitrogens is 3. The lowest BCUT2D eigenvalue weighted by Gasteiger charge is -2.13. The van der Waals surface area contributed by atoms with E-state index in [1.165, 1.54) is 6.33 Å². The van der Waals surface area contributed by atoms with Gasteiger partial charge in [-0.3, -0.25) is 0 Å². The molecule has 0 aliphatic rings. The fourth-order valence-corrected chi connectivity index (χ4v) is 1.97. The van der Waals surface area contributed by atoms with E-state index in [1.807, 2.05) is 4.68 Å². The van der Waals surface area contributed by atoms with Crippen LogP contribution in [0.15, 0.2) is 24.5 Å². The molecular weight excluding hydrogens is 270 g/mol. The number of nitrogens with zero attached hydrogens (tertiary/aromatic N) is 3. The third-order valence-corrected chi connectivity index (χ3v) is 3.04. The molecule has 0 amide bonds. The van der Waals surface area contributed by atoms with Crippen molar-refractivity contribution in [2.75, 3.05) is 7.11 Å². The molecule has 0 aliphatic heterocycles. The molecule has 114 valence electrons. The Bertz CT molecular complexity index is 581. The van der Waals surface area contributed by atoms with Gasteiger partial charge >= 0.3 is 0 Å². The van der Waals surface area contributed by atoms with Crippen LogP contribution in [0.1, 0.15) is 25.2 Å². The fraction of sp³-hybridized carbons (Fsp3) is 0.467. The first-order chi connectivity index (χ1) is 10.1. The van der Waals surface area contributed by atoms with Crippen LogP contribution in [0.5, 0.6) is 11.5 Å². The molecule has 1 N–H and O–H groups in total. The van der Waals surface area contributed by atoms with E-state index < -0.39 is 0 Å². The molecule has 0 spiro atoms. The van der Waals surface area contributed by atoms with Crippen molar-refractivity contribution >= 4 is 0 Å². The normalized spacial score (nSPS) is 10.9. The first kappa shape index (κ1) is 15.3. The highest BCUT2D eigenvalue weighted by Crippen LogP contribution is 2.25. The van der Waals surface area contributed by atoms with E-state index in [-0.39, 0.29) is 6.61 Å². The third kappa shape index (κ3) is 3.95. The monoisotopic (exact) mass is 291 g/mol. The van der Waals surface area contributed by atoms with Gasteiger partial charge in [0.05, 0.1) is 13.7 Å². The maximum absolute atomic E-state index is 9.36. The molecule has 0 radical (unpaired) electrons. The summed E-state index contributed by atoms with van der Waals surface area (Å²) < 4.78 is 12.8. The second kappa shape index (κ2) is 7.08. The molecule has 1 heterocycles. The number of ether oxygens (including phenoxy) is 2. The van der Waals surface area contributed by atoms with Gasteiger partial charge in [-0.05, 0) is 18.1 Å². The minimum atomic E-state index is -0.0853. The smallest absolute Gasteiger partial charge is 0.164 e. The highest BCUT2D eigenvalue weighted by molar-refractivity contribution is 5.40. The van der Waals surface area contributed by atoms with Crippen molar-refractivity contribution in [1.82, 2.24) is 14.8 Å². The van der Waals surface area contributed by atoms with Crippen LogP contribution in [-0.4, -0.2) is 27.0 Å². The van der Waals surface area contributed by atoms with Crippen molar-refractivity contribution < 1.29 is 14.6 Å². The number of hydrogen-bond acceptors (Lipinski definition) is 5. The Morgan fingerprint density at radius 3 is 2.81 bits per heavy atom. The van der Waals surface area contributed by atoms with Gasteiger partial charge in [0.25, 0.3) is 0 Å². The summed E-state index contributed by atoms with van der Waals surface area (Å²) in [6, 6.07) is 5.33. The number of hydrogen-bond donors (Lipinski definition) is 1. The topological polar surface area (TPSA) is 69.4 Å². The van der Waals surface area contributed by atoms with Gasteiger partial charge in [-0.2, -0.15) is 5.10 Å². The molecule has 1 aromatic heterocycles. The maximum atomic E-state index is 9.36. The van der Waals surface area contributed by atoms with Crippen molar-refractivity contribution in [2.45, 2.75) is 33.6 Å². The minimum absolute atomic E-state index is 0.0853. The van der Waals surface area contributed by atoms with E-state index in [0.717, 1.165) is 12.4 Å². The minimum Gasteiger partial charge on any atom is -0.497 e. The lowest BCUT2D eigenvalue weighted by atomic mass is 10.2. The van der Waals surface area contributed by atoms with E-state index in [9.17, 15) is 5.11 Å². The molecule has 0 saturated heterocycles. The number of aliphatic hydroxyl groups is 1. The largest absolute Gasteiger partial charge is 0.497 e. The van der Waals surface area contributed by atoms with E-state index in [1.54, 1.807) is 25.3 Å². The van der Waals surface area contributed by atoms with Crippen LogP contribution in [-0.2, 0) is 19.8 Å². The molecule has 0 unspecified atom stereocenters. The molecule has 6 nitrogen and oxygen atoms in total. The summed E-state index contributed by atoms with van der Waals surface area (Å²) in [6.45, 7) is 5.26. The maximum Gasteiger partial charge on any atom is 0.164 e. The quantitative estimate of drug-likeness (QED) is 0.845. The van der Waals surface area contributed by atoms with Crippen LogP contribution in [0.3, 0.4) is 0 Å². The van der Waals surface area contributed by atoms with Gasteiger partial charge in [-0.1, -0.05) is 13.8 Å². The second-order valence-corrected chi connectivity index (χ2v) is 5.17. The summed E-state index contributed by atoms with van der Waals surface area (Å²) in [7, 11) is 1.59. The van der Waals surface area contributed by atoms with Crippen LogP contribution in [0.4, 0.5) is 0 Å². The summed E-state index contributed by atoms with van der Waals surface area (Å²) in [5.41, 5.74) is 0.714. The van der Waals surface area contributed by atoms with Crippen molar-refractivity contribution in [1.29, 1.82) is 0 Å². The zero-order chi connectivity index (χ0) is 15.2. The van der Waals surface area contributed by atoms with Crippen molar-refractivity contribution in [3.63, 3.8) is 0 Å². The van der Waals surface area contributed by atoms with E-state index in [4.69, 9.17) is 9.47 Å². The third-order valence-electron chi connectivity index (χ3n) is 3.04. The van der Waals surface area contributed by atoms with Gasteiger partial charge in [0, 0.05) is 18.2 Å². The standard InChI is InChI=1S/C15H21N3O3/c1-11(2)7-18-15(16-10-17-18)9-21-14-6-13(20-3)5-4-12(14)8-19/h4-6,10-11,19H,7-9H2,1-3H3. The number of methoxy groups -OCH3 is 1. The Balaban J connectivity index is 2.11. The molecule has 0 saturated carbocycles. The molecule has 0 bridgehead atoms. The molecule has 0 fully saturated rings. The second-order valence-electron chi connectivity index (χ2n) is 5.17. The summed E-state index contributed by atoms with van der Waals surface area (Å²) in [5, 5.41) is 13.6. The first-order valence-corrected chi connectivity index (χ1v) is 6.91. The Morgan fingerprint density at radius 2 is 2.14 bits per heavy atom. The summed E-state index contributed by atoms with van der Waals surface area (Å²) >= 11 is 0. The highest BCUT2D eigenvalue weighted by Gasteiger charge is 2.10. The van der Waals surface area contributed by atoms with Crippen LogP contribution in [0.2, 0.25) is 0 Å². The summed E-state index contributed by atoms with van der Waals surface area (Å²) in [6.07, 6.45) is 1.53. The number of aliphatic hydroxyl groups excluding tert-OH is 1. The fourth-order valence-electron chi connectivity index (χ4n) is 1.97. The predicted octanol–water partition coefficient (Wildman–Crippen LogP) is 2.01. The molecule has 0 atom stereocenters. The molecule has 21 heavy (non-hydrogen) atoms. The van der Waals surface area contributed by atoms with Crippen LogP contribution in [0, 0.1) is 5.92 Å². The Labute approximate surface area is 124 Å². The van der Waals surface area contributed by atoms with E-state index >= 15 is 0 Å². The highest BCUT2D eigenvalue weighted by atomic mass is 16.5. The summed E-state index contributed by atoms with van der Waals surface area (Å²) in [4.78, 5) is 4.22. The number of rotatable bonds is 7. The molecular formula is C15H21N3O3. The molecule has 2 rings (SSSR count). The van der Waals surface area contributed by atoms with Gasteiger partial charge in [-0.15, -0.1) is 0 Å². The van der Waals surface area contributed by atoms with Crippen LogP contribution >= 0.6 is 0 Å². The van der Waals surface area contributed by atoms with E-state index in [0.29, 0.717) is 29.6 Å². The van der Waals surface area contributed by atoms with Crippen molar-refractivity contribution in [2.24, 2.45) is 5.92 Å². The molecule has 1 aromatic carbocycles. The van der Waals surface area contributed by atoms with Gasteiger partial charge in [-0.25, -0.2) is 9.67 Å².